The van der Waals surface area contributed by atoms with Crippen molar-refractivity contribution in [1.29, 1.82) is 0 Å². The molecule has 0 bridgehead atoms. The zero-order chi connectivity index (χ0) is 14.9. The summed E-state index contributed by atoms with van der Waals surface area (Å²) in [6.07, 6.45) is 1.00. The van der Waals surface area contributed by atoms with Crippen LogP contribution in [0.4, 0.5) is 0 Å². The summed E-state index contributed by atoms with van der Waals surface area (Å²) in [5, 5.41) is 0. The standard InChI is InChI=1S/C17H20O3S/c1-18-14-4-6-16(7-5-14)20-12-3-13-21-17-10-8-15(19-2)9-11-17/h4-11H,3,12-13H2,1-2H3. The van der Waals surface area contributed by atoms with Crippen LogP contribution in [0.25, 0.3) is 0 Å². The Balaban J connectivity index is 1.64. The van der Waals surface area contributed by atoms with Gasteiger partial charge in [0, 0.05) is 10.6 Å². The first-order chi connectivity index (χ1) is 10.3. The van der Waals surface area contributed by atoms with E-state index in [-0.39, 0.29) is 0 Å². The van der Waals surface area contributed by atoms with E-state index in [0.29, 0.717) is 0 Å². The van der Waals surface area contributed by atoms with Gasteiger partial charge < -0.3 is 14.2 Å². The molecule has 2 aromatic rings. The summed E-state index contributed by atoms with van der Waals surface area (Å²) >= 11 is 1.83. The van der Waals surface area contributed by atoms with Crippen LogP contribution >= 0.6 is 11.8 Å². The van der Waals surface area contributed by atoms with E-state index in [0.717, 1.165) is 36.0 Å². The monoisotopic (exact) mass is 304 g/mol. The topological polar surface area (TPSA) is 27.7 Å². The van der Waals surface area contributed by atoms with Gasteiger partial charge in [-0.25, -0.2) is 0 Å². The van der Waals surface area contributed by atoms with Gasteiger partial charge in [-0.05, 0) is 55.0 Å². The number of rotatable bonds is 8. The molecule has 0 heterocycles. The molecule has 0 aliphatic heterocycles. The molecule has 0 fully saturated rings. The second-order valence-corrected chi connectivity index (χ2v) is 5.57. The van der Waals surface area contributed by atoms with Crippen LogP contribution in [0.15, 0.2) is 53.4 Å². The minimum Gasteiger partial charge on any atom is -0.497 e. The van der Waals surface area contributed by atoms with Crippen molar-refractivity contribution in [1.82, 2.24) is 0 Å². The lowest BCUT2D eigenvalue weighted by atomic mass is 10.3. The van der Waals surface area contributed by atoms with Crippen LogP contribution in [0, 0.1) is 0 Å². The quantitative estimate of drug-likeness (QED) is 0.538. The molecule has 0 amide bonds. The molecular weight excluding hydrogens is 284 g/mol. The van der Waals surface area contributed by atoms with Gasteiger partial charge in [-0.1, -0.05) is 0 Å². The maximum atomic E-state index is 5.69. The summed E-state index contributed by atoms with van der Waals surface area (Å²) in [6, 6.07) is 15.8. The summed E-state index contributed by atoms with van der Waals surface area (Å²) in [5.74, 6) is 3.65. The van der Waals surface area contributed by atoms with Crippen molar-refractivity contribution < 1.29 is 14.2 Å². The van der Waals surface area contributed by atoms with Crippen LogP contribution in [-0.4, -0.2) is 26.6 Å². The first kappa shape index (κ1) is 15.6. The normalized spacial score (nSPS) is 10.2. The van der Waals surface area contributed by atoms with Gasteiger partial charge in [0.25, 0.3) is 0 Å². The Bertz CT molecular complexity index is 473. The summed E-state index contributed by atoms with van der Waals surface area (Å²) in [5.41, 5.74) is 0. The van der Waals surface area contributed by atoms with E-state index < -0.39 is 0 Å². The molecule has 21 heavy (non-hydrogen) atoms. The molecule has 0 saturated carbocycles. The van der Waals surface area contributed by atoms with Crippen molar-refractivity contribution in [3.05, 3.63) is 48.5 Å². The van der Waals surface area contributed by atoms with Gasteiger partial charge in [-0.3, -0.25) is 0 Å². The molecule has 2 aromatic carbocycles. The van der Waals surface area contributed by atoms with Gasteiger partial charge in [0.2, 0.25) is 0 Å². The predicted octanol–water partition coefficient (Wildman–Crippen LogP) is 4.27. The van der Waals surface area contributed by atoms with Crippen molar-refractivity contribution in [2.75, 3.05) is 26.6 Å². The Labute approximate surface area is 130 Å². The lowest BCUT2D eigenvalue weighted by molar-refractivity contribution is 0.318. The molecule has 0 atom stereocenters. The summed E-state index contributed by atoms with van der Waals surface area (Å²) < 4.78 is 15.9. The van der Waals surface area contributed by atoms with Crippen LogP contribution in [0.5, 0.6) is 17.2 Å². The molecule has 0 spiro atoms. The molecule has 2 rings (SSSR count). The third-order valence-electron chi connectivity index (χ3n) is 2.95. The molecule has 4 heteroatoms. The maximum Gasteiger partial charge on any atom is 0.119 e. The van der Waals surface area contributed by atoms with E-state index in [1.54, 1.807) is 14.2 Å². The largest absolute Gasteiger partial charge is 0.497 e. The van der Waals surface area contributed by atoms with Gasteiger partial charge in [-0.15, -0.1) is 11.8 Å². The Hall–Kier alpha value is -1.81. The molecule has 0 aromatic heterocycles. The van der Waals surface area contributed by atoms with E-state index in [4.69, 9.17) is 14.2 Å². The van der Waals surface area contributed by atoms with Gasteiger partial charge in [-0.2, -0.15) is 0 Å². The molecule has 0 saturated heterocycles. The lowest BCUT2D eigenvalue weighted by Gasteiger charge is -2.07. The van der Waals surface area contributed by atoms with Crippen molar-refractivity contribution in [3.63, 3.8) is 0 Å². The smallest absolute Gasteiger partial charge is 0.119 e. The molecule has 0 aliphatic carbocycles. The van der Waals surface area contributed by atoms with Gasteiger partial charge in [0.05, 0.1) is 20.8 Å². The Morgan fingerprint density at radius 3 is 1.86 bits per heavy atom. The van der Waals surface area contributed by atoms with Crippen molar-refractivity contribution >= 4 is 11.8 Å². The average Bonchev–Trinajstić information content (AvgIpc) is 2.55. The Kier molecular flexibility index (Phi) is 6.28. The number of methoxy groups -OCH3 is 2. The molecule has 0 aliphatic rings. The zero-order valence-electron chi connectivity index (χ0n) is 12.4. The minimum absolute atomic E-state index is 0.718. The first-order valence-electron chi connectivity index (χ1n) is 6.85. The highest BCUT2D eigenvalue weighted by molar-refractivity contribution is 7.99. The molecule has 0 unspecified atom stereocenters. The van der Waals surface area contributed by atoms with E-state index in [1.807, 2.05) is 48.2 Å². The second-order valence-electron chi connectivity index (χ2n) is 4.40. The SMILES string of the molecule is COc1ccc(OCCCSc2ccc(OC)cc2)cc1. The zero-order valence-corrected chi connectivity index (χ0v) is 13.2. The number of thioether (sulfide) groups is 1. The van der Waals surface area contributed by atoms with Crippen molar-refractivity contribution in [2.24, 2.45) is 0 Å². The molecule has 0 N–H and O–H groups in total. The first-order valence-corrected chi connectivity index (χ1v) is 7.84. The van der Waals surface area contributed by atoms with Crippen LogP contribution < -0.4 is 14.2 Å². The lowest BCUT2D eigenvalue weighted by Crippen LogP contribution is -1.98. The summed E-state index contributed by atoms with van der Waals surface area (Å²) in [7, 11) is 3.34. The number of benzene rings is 2. The van der Waals surface area contributed by atoms with Crippen molar-refractivity contribution in [2.45, 2.75) is 11.3 Å². The van der Waals surface area contributed by atoms with Crippen molar-refractivity contribution in [3.8, 4) is 17.2 Å². The van der Waals surface area contributed by atoms with Gasteiger partial charge in [0.1, 0.15) is 17.2 Å². The predicted molar refractivity (Wildman–Crippen MR) is 86.8 cm³/mol. The average molecular weight is 304 g/mol. The fourth-order valence-electron chi connectivity index (χ4n) is 1.78. The molecule has 3 nitrogen and oxygen atoms in total. The molecular formula is C17H20O3S. The highest BCUT2D eigenvalue weighted by atomic mass is 32.2. The minimum atomic E-state index is 0.718. The molecule has 0 radical (unpaired) electrons. The van der Waals surface area contributed by atoms with Crippen LogP contribution in [0.2, 0.25) is 0 Å². The Morgan fingerprint density at radius 1 is 0.762 bits per heavy atom. The number of ether oxygens (including phenoxy) is 3. The van der Waals surface area contributed by atoms with Crippen LogP contribution in [0.1, 0.15) is 6.42 Å². The third kappa shape index (κ3) is 5.23. The number of hydrogen-bond acceptors (Lipinski definition) is 4. The molecule has 112 valence electrons. The van der Waals surface area contributed by atoms with Gasteiger partial charge in [0.15, 0.2) is 0 Å². The fraction of sp³-hybridized carbons (Fsp3) is 0.294. The van der Waals surface area contributed by atoms with Gasteiger partial charge >= 0.3 is 0 Å². The van der Waals surface area contributed by atoms with E-state index in [9.17, 15) is 0 Å². The maximum absolute atomic E-state index is 5.69. The Morgan fingerprint density at radius 2 is 1.29 bits per heavy atom. The third-order valence-corrected chi connectivity index (χ3v) is 4.04. The second kappa shape index (κ2) is 8.47. The number of hydrogen-bond donors (Lipinski definition) is 0. The van der Waals surface area contributed by atoms with E-state index in [1.165, 1.54) is 4.90 Å². The highest BCUT2D eigenvalue weighted by Crippen LogP contribution is 2.22. The van der Waals surface area contributed by atoms with Crippen LogP contribution in [-0.2, 0) is 0 Å². The van der Waals surface area contributed by atoms with Crippen LogP contribution in [0.3, 0.4) is 0 Å². The fourth-order valence-corrected chi connectivity index (χ4v) is 2.61. The van der Waals surface area contributed by atoms with E-state index in [2.05, 4.69) is 12.1 Å². The highest BCUT2D eigenvalue weighted by Gasteiger charge is 1.98. The van der Waals surface area contributed by atoms with E-state index >= 15 is 0 Å². The summed E-state index contributed by atoms with van der Waals surface area (Å²) in [6.45, 7) is 0.718. The summed E-state index contributed by atoms with van der Waals surface area (Å²) in [4.78, 5) is 1.25.